The second-order valence-electron chi connectivity index (χ2n) is 4.85. The molecular weight excluding hydrogens is 278 g/mol. The Morgan fingerprint density at radius 2 is 2.30 bits per heavy atom. The van der Waals surface area contributed by atoms with E-state index in [4.69, 9.17) is 0 Å². The van der Waals surface area contributed by atoms with Crippen LogP contribution in [-0.4, -0.2) is 41.4 Å². The predicted octanol–water partition coefficient (Wildman–Crippen LogP) is 0.572. The Hall–Kier alpha value is -2.15. The van der Waals surface area contributed by atoms with E-state index in [2.05, 4.69) is 10.6 Å². The number of nitrogens with one attached hydrogen (secondary N) is 2. The third-order valence-corrected chi connectivity index (χ3v) is 4.37. The van der Waals surface area contributed by atoms with Gasteiger partial charge in [0.1, 0.15) is 5.54 Å². The van der Waals surface area contributed by atoms with Crippen molar-refractivity contribution in [2.75, 3.05) is 13.1 Å². The lowest BCUT2D eigenvalue weighted by atomic mass is 10.00. The first kappa shape index (κ1) is 12.9. The number of carbonyl (C=O) groups is 3. The maximum absolute atomic E-state index is 12.1. The van der Waals surface area contributed by atoms with E-state index in [9.17, 15) is 14.4 Å². The molecule has 7 heteroatoms. The van der Waals surface area contributed by atoms with Crippen LogP contribution < -0.4 is 10.6 Å². The second-order valence-corrected chi connectivity index (χ2v) is 5.83. The highest BCUT2D eigenvalue weighted by Crippen LogP contribution is 2.25. The second kappa shape index (κ2) is 4.75. The number of nitrogens with zero attached hydrogens (tertiary/aromatic N) is 1. The van der Waals surface area contributed by atoms with E-state index in [1.807, 2.05) is 17.5 Å². The lowest BCUT2D eigenvalue weighted by Crippen LogP contribution is -2.49. The van der Waals surface area contributed by atoms with E-state index in [1.54, 1.807) is 22.3 Å². The van der Waals surface area contributed by atoms with Gasteiger partial charge in [0.25, 0.3) is 5.91 Å². The maximum atomic E-state index is 12.1. The molecule has 0 bridgehead atoms. The number of likely N-dealkylation sites (tertiary alicyclic amines) is 1. The lowest BCUT2D eigenvalue weighted by Gasteiger charge is -2.20. The first-order chi connectivity index (χ1) is 9.59. The molecule has 6 nitrogen and oxygen atoms in total. The van der Waals surface area contributed by atoms with Crippen molar-refractivity contribution in [2.24, 2.45) is 0 Å². The molecule has 4 amide bonds. The molecule has 1 aromatic rings. The van der Waals surface area contributed by atoms with E-state index >= 15 is 0 Å². The fourth-order valence-corrected chi connectivity index (χ4v) is 3.08. The van der Waals surface area contributed by atoms with Crippen molar-refractivity contribution in [2.45, 2.75) is 12.0 Å². The molecule has 1 spiro atoms. The van der Waals surface area contributed by atoms with Crippen LogP contribution in [0.2, 0.25) is 0 Å². The van der Waals surface area contributed by atoms with E-state index in [0.717, 1.165) is 4.88 Å². The van der Waals surface area contributed by atoms with Gasteiger partial charge >= 0.3 is 6.03 Å². The summed E-state index contributed by atoms with van der Waals surface area (Å²) in [7, 11) is 0. The van der Waals surface area contributed by atoms with Crippen molar-refractivity contribution in [1.82, 2.24) is 15.5 Å². The molecule has 0 aliphatic carbocycles. The van der Waals surface area contributed by atoms with Crippen molar-refractivity contribution in [3.05, 3.63) is 28.5 Å². The summed E-state index contributed by atoms with van der Waals surface area (Å²) < 4.78 is 0. The summed E-state index contributed by atoms with van der Waals surface area (Å²) in [4.78, 5) is 37.6. The Bertz CT molecular complexity index is 596. The Balaban J connectivity index is 1.67. The van der Waals surface area contributed by atoms with Crippen molar-refractivity contribution >= 4 is 35.3 Å². The smallest absolute Gasteiger partial charge is 0.322 e. The molecule has 2 aliphatic heterocycles. The quantitative estimate of drug-likeness (QED) is 0.618. The summed E-state index contributed by atoms with van der Waals surface area (Å²) in [6, 6.07) is 3.35. The van der Waals surface area contributed by atoms with Gasteiger partial charge in [-0.2, -0.15) is 0 Å². The van der Waals surface area contributed by atoms with Crippen LogP contribution in [-0.2, 0) is 9.59 Å². The fourth-order valence-electron chi connectivity index (χ4n) is 2.46. The number of rotatable bonds is 2. The number of urea groups is 1. The van der Waals surface area contributed by atoms with Crippen molar-refractivity contribution < 1.29 is 14.4 Å². The van der Waals surface area contributed by atoms with Gasteiger partial charge in [0.05, 0.1) is 6.54 Å². The minimum atomic E-state index is -0.941. The van der Waals surface area contributed by atoms with Crippen LogP contribution in [0.25, 0.3) is 6.08 Å². The first-order valence-electron chi connectivity index (χ1n) is 6.23. The molecule has 3 rings (SSSR count). The molecule has 2 saturated heterocycles. The lowest BCUT2D eigenvalue weighted by molar-refractivity contribution is -0.126. The SMILES string of the molecule is O=C1NC(=O)C2(CCN(C(=O)/C=C/c3cccs3)C2)N1. The van der Waals surface area contributed by atoms with E-state index in [1.165, 1.54) is 6.08 Å². The molecule has 2 N–H and O–H groups in total. The maximum Gasteiger partial charge on any atom is 0.322 e. The van der Waals surface area contributed by atoms with Gasteiger partial charge in [-0.25, -0.2) is 4.79 Å². The summed E-state index contributed by atoms with van der Waals surface area (Å²) >= 11 is 1.55. The zero-order chi connectivity index (χ0) is 14.2. The molecule has 2 aliphatic rings. The Morgan fingerprint density at radius 3 is 2.95 bits per heavy atom. The van der Waals surface area contributed by atoms with Crippen LogP contribution in [0.3, 0.4) is 0 Å². The molecule has 104 valence electrons. The topological polar surface area (TPSA) is 78.5 Å². The zero-order valence-electron chi connectivity index (χ0n) is 10.6. The Labute approximate surface area is 119 Å². The highest BCUT2D eigenvalue weighted by Gasteiger charge is 2.51. The van der Waals surface area contributed by atoms with Gasteiger partial charge in [-0.3, -0.25) is 14.9 Å². The van der Waals surface area contributed by atoms with Crippen LogP contribution >= 0.6 is 11.3 Å². The van der Waals surface area contributed by atoms with E-state index < -0.39 is 11.6 Å². The number of carbonyl (C=O) groups excluding carboxylic acids is 3. The van der Waals surface area contributed by atoms with Crippen molar-refractivity contribution in [1.29, 1.82) is 0 Å². The number of hydrogen-bond donors (Lipinski definition) is 2. The normalized spacial score (nSPS) is 25.5. The van der Waals surface area contributed by atoms with Gasteiger partial charge in [0.2, 0.25) is 5.91 Å². The van der Waals surface area contributed by atoms with Gasteiger partial charge in [0.15, 0.2) is 0 Å². The molecule has 1 aromatic heterocycles. The minimum absolute atomic E-state index is 0.149. The monoisotopic (exact) mass is 291 g/mol. The zero-order valence-corrected chi connectivity index (χ0v) is 11.4. The molecular formula is C13H13N3O3S. The van der Waals surface area contributed by atoms with Crippen LogP contribution in [0.4, 0.5) is 4.79 Å². The average molecular weight is 291 g/mol. The van der Waals surface area contributed by atoms with Crippen molar-refractivity contribution in [3.8, 4) is 0 Å². The predicted molar refractivity (Wildman–Crippen MR) is 74.0 cm³/mol. The highest BCUT2D eigenvalue weighted by molar-refractivity contribution is 7.10. The highest BCUT2D eigenvalue weighted by atomic mass is 32.1. The third-order valence-electron chi connectivity index (χ3n) is 3.53. The molecule has 3 heterocycles. The summed E-state index contributed by atoms with van der Waals surface area (Å²) in [5.74, 6) is -0.496. The number of thiophene rings is 1. The van der Waals surface area contributed by atoms with Crippen LogP contribution in [0.5, 0.6) is 0 Å². The summed E-state index contributed by atoms with van der Waals surface area (Å²) in [6.45, 7) is 0.680. The molecule has 0 saturated carbocycles. The first-order valence-corrected chi connectivity index (χ1v) is 7.11. The molecule has 2 fully saturated rings. The summed E-state index contributed by atoms with van der Waals surface area (Å²) in [5.41, 5.74) is -0.941. The Morgan fingerprint density at radius 1 is 1.45 bits per heavy atom. The standard InChI is InChI=1S/C13H13N3O3S/c17-10(4-3-9-2-1-7-20-9)16-6-5-13(8-16)11(18)14-12(19)15-13/h1-4,7H,5-6,8H2,(H2,14,15,18,19)/b4-3+. The number of imide groups is 1. The van der Waals surface area contributed by atoms with Crippen LogP contribution in [0.1, 0.15) is 11.3 Å². The van der Waals surface area contributed by atoms with Gasteiger partial charge in [-0.15, -0.1) is 11.3 Å². The number of amides is 4. The summed E-state index contributed by atoms with van der Waals surface area (Å²) in [6.07, 6.45) is 3.70. The van der Waals surface area contributed by atoms with Gasteiger partial charge in [0, 0.05) is 17.5 Å². The molecule has 0 radical (unpaired) electrons. The molecule has 0 aromatic carbocycles. The van der Waals surface area contributed by atoms with Crippen LogP contribution in [0.15, 0.2) is 23.6 Å². The van der Waals surface area contributed by atoms with Gasteiger partial charge in [-0.1, -0.05) is 6.07 Å². The third kappa shape index (κ3) is 2.20. The van der Waals surface area contributed by atoms with Gasteiger partial charge in [-0.05, 0) is 23.9 Å². The summed E-state index contributed by atoms with van der Waals surface area (Å²) in [5, 5.41) is 6.78. The van der Waals surface area contributed by atoms with Crippen LogP contribution in [0, 0.1) is 0 Å². The number of hydrogen-bond acceptors (Lipinski definition) is 4. The Kier molecular flexibility index (Phi) is 3.06. The molecule has 20 heavy (non-hydrogen) atoms. The largest absolute Gasteiger partial charge is 0.336 e. The molecule has 1 unspecified atom stereocenters. The average Bonchev–Trinajstić information content (AvgIpc) is 3.10. The minimum Gasteiger partial charge on any atom is -0.336 e. The van der Waals surface area contributed by atoms with E-state index in [0.29, 0.717) is 13.0 Å². The fraction of sp³-hybridized carbons (Fsp3) is 0.308. The van der Waals surface area contributed by atoms with Gasteiger partial charge < -0.3 is 10.2 Å². The van der Waals surface area contributed by atoms with E-state index in [-0.39, 0.29) is 18.4 Å². The van der Waals surface area contributed by atoms with Crippen molar-refractivity contribution in [3.63, 3.8) is 0 Å². The molecule has 1 atom stereocenters.